The molecule has 0 aliphatic heterocycles. The Hall–Kier alpha value is -1.28. The molecule has 6 heteroatoms. The van der Waals surface area contributed by atoms with Crippen molar-refractivity contribution in [1.29, 1.82) is 10.5 Å². The van der Waals surface area contributed by atoms with Crippen molar-refractivity contribution < 1.29 is 8.78 Å². The van der Waals surface area contributed by atoms with Gasteiger partial charge in [-0.15, -0.1) is 0 Å². The normalized spacial score (nSPS) is 9.73. The van der Waals surface area contributed by atoms with Crippen LogP contribution in [0.4, 0.5) is 8.78 Å². The van der Waals surface area contributed by atoms with E-state index >= 15 is 0 Å². The summed E-state index contributed by atoms with van der Waals surface area (Å²) in [5.74, 6) is 0. The third-order valence-corrected chi connectivity index (χ3v) is 2.26. The van der Waals surface area contributed by atoms with E-state index < -0.39 is 12.0 Å². The van der Waals surface area contributed by atoms with E-state index in [1.54, 1.807) is 12.1 Å². The molecule has 1 aromatic rings. The molecule has 0 amide bonds. The molecule has 0 fully saturated rings. The van der Waals surface area contributed by atoms with Gasteiger partial charge in [0.2, 0.25) is 0 Å². The van der Waals surface area contributed by atoms with E-state index in [0.717, 1.165) is 0 Å². The number of hydrogen-bond donors (Lipinski definition) is 0. The zero-order chi connectivity index (χ0) is 11.4. The van der Waals surface area contributed by atoms with E-state index in [4.69, 9.17) is 10.5 Å². The molecule has 0 aliphatic carbocycles. The molecule has 0 spiro atoms. The van der Waals surface area contributed by atoms with Crippen molar-refractivity contribution >= 4 is 22.6 Å². The number of aromatic nitrogens is 1. The third kappa shape index (κ3) is 2.60. The van der Waals surface area contributed by atoms with Gasteiger partial charge in [-0.1, -0.05) is 0 Å². The lowest BCUT2D eigenvalue weighted by molar-refractivity contribution is 0.149. The minimum atomic E-state index is -2.78. The summed E-state index contributed by atoms with van der Waals surface area (Å²) in [5.41, 5.74) is -0.565. The van der Waals surface area contributed by atoms with Crippen molar-refractivity contribution in [2.24, 2.45) is 0 Å². The highest BCUT2D eigenvalue weighted by atomic mass is 127. The Morgan fingerprint density at radius 1 is 1.47 bits per heavy atom. The number of halogens is 3. The van der Waals surface area contributed by atoms with Crippen molar-refractivity contribution in [3.8, 4) is 12.1 Å². The second-order valence-electron chi connectivity index (χ2n) is 2.61. The SMILES string of the molecule is N#CCc1cc(I)nc(C#N)c1C(F)F. The van der Waals surface area contributed by atoms with Gasteiger partial charge in [-0.25, -0.2) is 13.8 Å². The van der Waals surface area contributed by atoms with Crippen LogP contribution in [0.25, 0.3) is 0 Å². The molecular formula is C9H4F2IN3. The van der Waals surface area contributed by atoms with Crippen molar-refractivity contribution in [2.75, 3.05) is 0 Å². The Bertz CT molecular complexity index is 460. The Balaban J connectivity index is 3.43. The van der Waals surface area contributed by atoms with E-state index in [0.29, 0.717) is 3.70 Å². The Morgan fingerprint density at radius 2 is 2.13 bits per heavy atom. The summed E-state index contributed by atoms with van der Waals surface area (Å²) in [4.78, 5) is 3.69. The highest BCUT2D eigenvalue weighted by molar-refractivity contribution is 14.1. The van der Waals surface area contributed by atoms with Gasteiger partial charge in [0.05, 0.1) is 18.1 Å². The topological polar surface area (TPSA) is 60.5 Å². The Kier molecular flexibility index (Phi) is 3.92. The monoisotopic (exact) mass is 319 g/mol. The third-order valence-electron chi connectivity index (χ3n) is 1.71. The molecule has 0 aliphatic rings. The van der Waals surface area contributed by atoms with Crippen molar-refractivity contribution in [2.45, 2.75) is 12.8 Å². The summed E-state index contributed by atoms with van der Waals surface area (Å²) in [7, 11) is 0. The van der Waals surface area contributed by atoms with E-state index in [9.17, 15) is 8.78 Å². The van der Waals surface area contributed by atoms with Crippen LogP contribution in [0, 0.1) is 26.4 Å². The Morgan fingerprint density at radius 3 is 2.60 bits per heavy atom. The first-order valence-corrected chi connectivity index (χ1v) is 4.92. The summed E-state index contributed by atoms with van der Waals surface area (Å²) in [5, 5.41) is 17.1. The van der Waals surface area contributed by atoms with E-state index in [1.165, 1.54) is 6.07 Å². The first kappa shape index (κ1) is 11.8. The zero-order valence-electron chi connectivity index (χ0n) is 7.34. The quantitative estimate of drug-likeness (QED) is 0.622. The van der Waals surface area contributed by atoms with Crippen LogP contribution in [0.15, 0.2) is 6.07 Å². The number of pyridine rings is 1. The molecule has 0 N–H and O–H groups in total. The predicted molar refractivity (Wildman–Crippen MR) is 55.9 cm³/mol. The Labute approximate surface area is 98.5 Å². The zero-order valence-corrected chi connectivity index (χ0v) is 9.49. The molecule has 0 bridgehead atoms. The number of alkyl halides is 2. The fourth-order valence-electron chi connectivity index (χ4n) is 1.13. The molecule has 3 nitrogen and oxygen atoms in total. The maximum Gasteiger partial charge on any atom is 0.266 e. The van der Waals surface area contributed by atoms with Gasteiger partial charge in [0.25, 0.3) is 6.43 Å². The molecule has 76 valence electrons. The van der Waals surface area contributed by atoms with Crippen LogP contribution in [0.2, 0.25) is 0 Å². The largest absolute Gasteiger partial charge is 0.266 e. The van der Waals surface area contributed by atoms with Gasteiger partial charge in [-0.05, 0) is 34.2 Å². The van der Waals surface area contributed by atoms with Crippen LogP contribution in [0.5, 0.6) is 0 Å². The smallest absolute Gasteiger partial charge is 0.231 e. The van der Waals surface area contributed by atoms with Gasteiger partial charge >= 0.3 is 0 Å². The highest BCUT2D eigenvalue weighted by Crippen LogP contribution is 2.26. The first-order chi connectivity index (χ1) is 7.10. The minimum Gasteiger partial charge on any atom is -0.231 e. The summed E-state index contributed by atoms with van der Waals surface area (Å²) < 4.78 is 25.7. The molecule has 0 aromatic carbocycles. The van der Waals surface area contributed by atoms with Crippen molar-refractivity contribution in [1.82, 2.24) is 4.98 Å². The predicted octanol–water partition coefficient (Wildman–Crippen LogP) is 2.56. The molecule has 0 atom stereocenters. The molecule has 0 radical (unpaired) electrons. The summed E-state index contributed by atoms with van der Waals surface area (Å²) in [6, 6.07) is 4.79. The van der Waals surface area contributed by atoms with Crippen LogP contribution >= 0.6 is 22.6 Å². The molecular weight excluding hydrogens is 315 g/mol. The van der Waals surface area contributed by atoms with Crippen LogP contribution in [0.1, 0.15) is 23.2 Å². The van der Waals surface area contributed by atoms with Crippen LogP contribution in [-0.4, -0.2) is 4.98 Å². The lowest BCUT2D eigenvalue weighted by Crippen LogP contribution is -2.02. The summed E-state index contributed by atoms with van der Waals surface area (Å²) in [6.07, 6.45) is -2.93. The highest BCUT2D eigenvalue weighted by Gasteiger charge is 2.19. The number of rotatable bonds is 2. The molecule has 0 saturated carbocycles. The van der Waals surface area contributed by atoms with Gasteiger partial charge in [-0.3, -0.25) is 0 Å². The molecule has 1 heterocycles. The maximum atomic E-state index is 12.6. The van der Waals surface area contributed by atoms with E-state index in [1.807, 2.05) is 22.6 Å². The van der Waals surface area contributed by atoms with E-state index in [2.05, 4.69) is 4.98 Å². The second kappa shape index (κ2) is 4.99. The van der Waals surface area contributed by atoms with Gasteiger partial charge in [0, 0.05) is 0 Å². The molecule has 15 heavy (non-hydrogen) atoms. The molecule has 0 unspecified atom stereocenters. The van der Waals surface area contributed by atoms with Crippen LogP contribution in [0.3, 0.4) is 0 Å². The average molecular weight is 319 g/mol. The molecule has 1 rings (SSSR count). The minimum absolute atomic E-state index is 0.146. The average Bonchev–Trinajstić information content (AvgIpc) is 2.16. The van der Waals surface area contributed by atoms with Crippen molar-refractivity contribution in [3.63, 3.8) is 0 Å². The first-order valence-electron chi connectivity index (χ1n) is 3.84. The molecule has 0 saturated heterocycles. The number of hydrogen-bond acceptors (Lipinski definition) is 3. The summed E-state index contributed by atoms with van der Waals surface area (Å²) >= 11 is 1.82. The van der Waals surface area contributed by atoms with Gasteiger partial charge < -0.3 is 0 Å². The lowest BCUT2D eigenvalue weighted by Gasteiger charge is -2.07. The van der Waals surface area contributed by atoms with Crippen molar-refractivity contribution in [3.05, 3.63) is 26.6 Å². The summed E-state index contributed by atoms with van der Waals surface area (Å²) in [6.45, 7) is 0. The standard InChI is InChI=1S/C9H4F2IN3/c10-9(11)8-5(1-2-13)3-7(12)15-6(8)4-14/h3,9H,1H2. The lowest BCUT2D eigenvalue weighted by atomic mass is 10.1. The fourth-order valence-corrected chi connectivity index (χ4v) is 1.75. The molecule has 1 aromatic heterocycles. The maximum absolute atomic E-state index is 12.6. The van der Waals surface area contributed by atoms with E-state index in [-0.39, 0.29) is 17.7 Å². The second-order valence-corrected chi connectivity index (χ2v) is 3.72. The number of nitrogens with zero attached hydrogens (tertiary/aromatic N) is 3. The van der Waals surface area contributed by atoms with Gasteiger partial charge in [0.1, 0.15) is 9.77 Å². The van der Waals surface area contributed by atoms with Crippen LogP contribution in [-0.2, 0) is 6.42 Å². The van der Waals surface area contributed by atoms with Crippen LogP contribution < -0.4 is 0 Å². The van der Waals surface area contributed by atoms with Gasteiger partial charge in [-0.2, -0.15) is 10.5 Å². The number of nitriles is 2. The fraction of sp³-hybridized carbons (Fsp3) is 0.222. The van der Waals surface area contributed by atoms with Gasteiger partial charge in [0.15, 0.2) is 5.69 Å².